The summed E-state index contributed by atoms with van der Waals surface area (Å²) >= 11 is 0. The van der Waals surface area contributed by atoms with Crippen LogP contribution >= 0.6 is 0 Å². The van der Waals surface area contributed by atoms with E-state index in [-0.39, 0.29) is 17.9 Å². The first kappa shape index (κ1) is 21.4. The van der Waals surface area contributed by atoms with Gasteiger partial charge in [0.05, 0.1) is 25.9 Å². The summed E-state index contributed by atoms with van der Waals surface area (Å²) in [5.41, 5.74) is 1.24. The van der Waals surface area contributed by atoms with Crippen LogP contribution in [0, 0.1) is 5.92 Å². The average molecular weight is 422 g/mol. The number of fused-ring (bicyclic) bond motifs is 1. The Morgan fingerprint density at radius 2 is 1.84 bits per heavy atom. The molecule has 5 heteroatoms. The molecule has 0 aromatic heterocycles. The molecule has 2 fully saturated rings. The minimum absolute atomic E-state index is 0.00202. The number of piperidine rings is 1. The number of likely N-dealkylation sites (tertiary alicyclic amines) is 1. The molecule has 1 saturated carbocycles. The lowest BCUT2D eigenvalue weighted by Crippen LogP contribution is -2.56. The minimum atomic E-state index is -0.726. The van der Waals surface area contributed by atoms with Crippen LogP contribution < -0.4 is 9.47 Å². The number of rotatable bonds is 5. The van der Waals surface area contributed by atoms with Crippen molar-refractivity contribution in [2.24, 2.45) is 5.92 Å². The van der Waals surface area contributed by atoms with Gasteiger partial charge in [-0.15, -0.1) is 0 Å². The molecule has 0 bridgehead atoms. The number of ether oxygens (including phenoxy) is 2. The van der Waals surface area contributed by atoms with Crippen molar-refractivity contribution in [3.63, 3.8) is 0 Å². The lowest BCUT2D eigenvalue weighted by Gasteiger charge is -2.52. The summed E-state index contributed by atoms with van der Waals surface area (Å²) in [5, 5.41) is 11.4. The van der Waals surface area contributed by atoms with E-state index in [1.54, 1.807) is 20.3 Å². The van der Waals surface area contributed by atoms with Crippen molar-refractivity contribution in [2.45, 2.75) is 43.7 Å². The van der Waals surface area contributed by atoms with Gasteiger partial charge < -0.3 is 19.5 Å². The Balaban J connectivity index is 1.70. The molecule has 1 amide bonds. The second-order valence-electron chi connectivity index (χ2n) is 8.54. The van der Waals surface area contributed by atoms with Crippen LogP contribution in [-0.4, -0.2) is 42.3 Å². The summed E-state index contributed by atoms with van der Waals surface area (Å²) in [4.78, 5) is 15.2. The van der Waals surface area contributed by atoms with Crippen molar-refractivity contribution in [3.8, 4) is 11.5 Å². The third-order valence-corrected chi connectivity index (χ3v) is 6.82. The molecule has 1 N–H and O–H groups in total. The van der Waals surface area contributed by atoms with Crippen molar-refractivity contribution in [1.82, 2.24) is 4.90 Å². The average Bonchev–Trinajstić information content (AvgIpc) is 2.81. The van der Waals surface area contributed by atoms with Gasteiger partial charge in [0.1, 0.15) is 0 Å². The van der Waals surface area contributed by atoms with E-state index in [0.29, 0.717) is 24.5 Å². The Hall–Kier alpha value is -2.79. The number of benzene rings is 2. The number of hydrogen-bond donors (Lipinski definition) is 1. The third kappa shape index (κ3) is 4.33. The van der Waals surface area contributed by atoms with E-state index < -0.39 is 5.60 Å². The van der Waals surface area contributed by atoms with E-state index in [2.05, 4.69) is 0 Å². The number of methoxy groups -OCH3 is 2. The van der Waals surface area contributed by atoms with E-state index in [1.807, 2.05) is 59.5 Å². The van der Waals surface area contributed by atoms with Crippen LogP contribution in [0.2, 0.25) is 0 Å². The van der Waals surface area contributed by atoms with Gasteiger partial charge in [0, 0.05) is 18.5 Å². The van der Waals surface area contributed by atoms with Crippen LogP contribution in [0.15, 0.2) is 54.6 Å². The largest absolute Gasteiger partial charge is 0.493 e. The fourth-order valence-electron chi connectivity index (χ4n) is 5.21. The van der Waals surface area contributed by atoms with Crippen LogP contribution in [-0.2, 0) is 4.79 Å². The maximum Gasteiger partial charge on any atom is 0.247 e. The summed E-state index contributed by atoms with van der Waals surface area (Å²) in [6.45, 7) is 0.532. The van der Waals surface area contributed by atoms with Crippen molar-refractivity contribution >= 4 is 12.0 Å². The van der Waals surface area contributed by atoms with E-state index in [9.17, 15) is 9.90 Å². The van der Waals surface area contributed by atoms with E-state index >= 15 is 0 Å². The first-order chi connectivity index (χ1) is 15.1. The zero-order valence-corrected chi connectivity index (χ0v) is 18.3. The second kappa shape index (κ2) is 9.15. The van der Waals surface area contributed by atoms with Gasteiger partial charge in [0.2, 0.25) is 5.91 Å². The van der Waals surface area contributed by atoms with Crippen LogP contribution in [0.1, 0.15) is 49.3 Å². The Morgan fingerprint density at radius 1 is 1.06 bits per heavy atom. The highest BCUT2D eigenvalue weighted by molar-refractivity contribution is 5.92. The summed E-state index contributed by atoms with van der Waals surface area (Å²) in [7, 11) is 3.23. The minimum Gasteiger partial charge on any atom is -0.493 e. The molecule has 164 valence electrons. The highest BCUT2D eigenvalue weighted by Gasteiger charge is 2.50. The summed E-state index contributed by atoms with van der Waals surface area (Å²) in [6, 6.07) is 15.5. The van der Waals surface area contributed by atoms with Crippen molar-refractivity contribution in [3.05, 3.63) is 65.7 Å². The predicted octanol–water partition coefficient (Wildman–Crippen LogP) is 4.61. The summed E-state index contributed by atoms with van der Waals surface area (Å²) in [5.74, 6) is 1.26. The van der Waals surface area contributed by atoms with Gasteiger partial charge in [-0.05, 0) is 48.6 Å². The van der Waals surface area contributed by atoms with Crippen molar-refractivity contribution in [1.29, 1.82) is 0 Å². The van der Waals surface area contributed by atoms with Gasteiger partial charge in [-0.25, -0.2) is 0 Å². The number of carbonyl (C=O) groups is 1. The molecule has 31 heavy (non-hydrogen) atoms. The lowest BCUT2D eigenvalue weighted by molar-refractivity contribution is -0.150. The maximum absolute atomic E-state index is 13.3. The smallest absolute Gasteiger partial charge is 0.247 e. The monoisotopic (exact) mass is 421 g/mol. The molecule has 0 unspecified atom stereocenters. The number of amides is 1. The van der Waals surface area contributed by atoms with Gasteiger partial charge in [-0.1, -0.05) is 49.2 Å². The molecule has 1 aliphatic heterocycles. The quantitative estimate of drug-likeness (QED) is 0.716. The normalized spacial score (nSPS) is 25.8. The van der Waals surface area contributed by atoms with Gasteiger partial charge in [-0.3, -0.25) is 4.79 Å². The predicted molar refractivity (Wildman–Crippen MR) is 121 cm³/mol. The summed E-state index contributed by atoms with van der Waals surface area (Å²) < 4.78 is 10.9. The SMILES string of the molecule is COc1ccc([C@@H]2[C@@H]3CCCC[C@@]3(O)CCN2C(=O)/C=C/c2ccccc2)cc1OC. The second-order valence-corrected chi connectivity index (χ2v) is 8.54. The number of hydrogen-bond acceptors (Lipinski definition) is 4. The Bertz CT molecular complexity index is 942. The number of aliphatic hydroxyl groups is 1. The first-order valence-electron chi connectivity index (χ1n) is 11.0. The molecule has 0 spiro atoms. The van der Waals surface area contributed by atoms with E-state index in [4.69, 9.17) is 9.47 Å². The van der Waals surface area contributed by atoms with Crippen LogP contribution in [0.3, 0.4) is 0 Å². The zero-order valence-electron chi connectivity index (χ0n) is 18.3. The number of nitrogens with zero attached hydrogens (tertiary/aromatic N) is 1. The van der Waals surface area contributed by atoms with Gasteiger partial charge in [0.25, 0.3) is 0 Å². The molecule has 2 aromatic rings. The standard InChI is InChI=1S/C26H31NO4/c1-30-22-13-12-20(18-23(22)31-2)25-21-10-6-7-15-26(21,29)16-17-27(25)24(28)14-11-19-8-4-3-5-9-19/h3-5,8-9,11-14,18,21,25,29H,6-7,10,15-17H2,1-2H3/b14-11+/t21-,25+,26+/m0/s1. The molecule has 0 radical (unpaired) electrons. The lowest BCUT2D eigenvalue weighted by atomic mass is 9.66. The topological polar surface area (TPSA) is 59.0 Å². The summed E-state index contributed by atoms with van der Waals surface area (Å²) in [6.07, 6.45) is 7.93. The van der Waals surface area contributed by atoms with Crippen molar-refractivity contribution in [2.75, 3.05) is 20.8 Å². The fraction of sp³-hybridized carbons (Fsp3) is 0.423. The molecular weight excluding hydrogens is 390 g/mol. The molecule has 1 saturated heterocycles. The van der Waals surface area contributed by atoms with Crippen LogP contribution in [0.25, 0.3) is 6.08 Å². The van der Waals surface area contributed by atoms with Crippen LogP contribution in [0.5, 0.6) is 11.5 Å². The van der Waals surface area contributed by atoms with Gasteiger partial charge in [-0.2, -0.15) is 0 Å². The molecule has 1 aliphatic carbocycles. The maximum atomic E-state index is 13.3. The fourth-order valence-corrected chi connectivity index (χ4v) is 5.21. The van der Waals surface area contributed by atoms with E-state index in [1.165, 1.54) is 0 Å². The highest BCUT2D eigenvalue weighted by Crippen LogP contribution is 2.50. The third-order valence-electron chi connectivity index (χ3n) is 6.82. The molecule has 5 nitrogen and oxygen atoms in total. The Kier molecular flexibility index (Phi) is 6.33. The van der Waals surface area contributed by atoms with Crippen LogP contribution in [0.4, 0.5) is 0 Å². The number of carbonyl (C=O) groups excluding carboxylic acids is 1. The Morgan fingerprint density at radius 3 is 2.58 bits per heavy atom. The molecule has 1 heterocycles. The molecule has 2 aliphatic rings. The highest BCUT2D eigenvalue weighted by atomic mass is 16.5. The first-order valence-corrected chi connectivity index (χ1v) is 11.0. The molecule has 2 aromatic carbocycles. The Labute approximate surface area is 184 Å². The molecule has 4 rings (SSSR count). The van der Waals surface area contributed by atoms with Gasteiger partial charge in [0.15, 0.2) is 11.5 Å². The molecular formula is C26H31NO4. The molecule has 3 atom stereocenters. The van der Waals surface area contributed by atoms with Crippen molar-refractivity contribution < 1.29 is 19.4 Å². The van der Waals surface area contributed by atoms with Gasteiger partial charge >= 0.3 is 0 Å². The van der Waals surface area contributed by atoms with E-state index in [0.717, 1.165) is 36.8 Å². The zero-order chi connectivity index (χ0) is 21.8.